The molecular weight excluding hydrogens is 240 g/mol. The number of imidazole rings is 1. The molecule has 0 spiro atoms. The second-order valence-electron chi connectivity index (χ2n) is 4.56. The lowest BCUT2D eigenvalue weighted by atomic mass is 10.1. The van der Waals surface area contributed by atoms with Gasteiger partial charge >= 0.3 is 0 Å². The number of rotatable bonds is 3. The van der Waals surface area contributed by atoms with Crippen molar-refractivity contribution >= 4 is 11.0 Å². The van der Waals surface area contributed by atoms with Gasteiger partial charge in [0, 0.05) is 18.3 Å². The molecule has 1 aromatic carbocycles. The van der Waals surface area contributed by atoms with Crippen LogP contribution in [-0.2, 0) is 6.54 Å². The van der Waals surface area contributed by atoms with Gasteiger partial charge in [0.1, 0.15) is 11.9 Å². The molecule has 5 heteroatoms. The van der Waals surface area contributed by atoms with Crippen molar-refractivity contribution in [2.45, 2.75) is 26.5 Å². The van der Waals surface area contributed by atoms with E-state index in [9.17, 15) is 5.11 Å². The van der Waals surface area contributed by atoms with E-state index in [-0.39, 0.29) is 0 Å². The zero-order valence-electron chi connectivity index (χ0n) is 11.0. The molecule has 0 fully saturated rings. The van der Waals surface area contributed by atoms with Gasteiger partial charge in [0.25, 0.3) is 0 Å². The lowest BCUT2D eigenvalue weighted by Gasteiger charge is -2.04. The summed E-state index contributed by atoms with van der Waals surface area (Å²) in [6.07, 6.45) is 1.22. The van der Waals surface area contributed by atoms with E-state index in [0.29, 0.717) is 5.82 Å². The summed E-state index contributed by atoms with van der Waals surface area (Å²) in [6.45, 7) is 4.60. The van der Waals surface area contributed by atoms with Gasteiger partial charge in [-0.05, 0) is 32.0 Å². The van der Waals surface area contributed by atoms with Gasteiger partial charge < -0.3 is 10.1 Å². The molecule has 98 valence electrons. The van der Waals surface area contributed by atoms with Gasteiger partial charge in [0.15, 0.2) is 0 Å². The van der Waals surface area contributed by atoms with Gasteiger partial charge in [-0.25, -0.2) is 4.98 Å². The maximum absolute atomic E-state index is 9.55. The Morgan fingerprint density at radius 1 is 1.37 bits per heavy atom. The minimum absolute atomic E-state index is 0.586. The van der Waals surface area contributed by atoms with Crippen LogP contribution in [0.1, 0.15) is 25.8 Å². The second-order valence-corrected chi connectivity index (χ2v) is 4.56. The van der Waals surface area contributed by atoms with Crippen LogP contribution in [0.4, 0.5) is 0 Å². The molecule has 3 aromatic rings. The Bertz CT molecular complexity index is 711. The number of aliphatic hydroxyl groups is 1. The fraction of sp³-hybridized carbons (Fsp3) is 0.286. The molecule has 19 heavy (non-hydrogen) atoms. The number of nitrogens with zero attached hydrogens (tertiary/aromatic N) is 3. The number of aromatic amines is 1. The third kappa shape index (κ3) is 2.02. The van der Waals surface area contributed by atoms with E-state index in [1.54, 1.807) is 13.1 Å². The average Bonchev–Trinajstić information content (AvgIpc) is 3.03. The minimum atomic E-state index is -0.586. The normalized spacial score (nSPS) is 13.0. The molecule has 0 aliphatic heterocycles. The van der Waals surface area contributed by atoms with Crippen molar-refractivity contribution in [2.24, 2.45) is 0 Å². The molecule has 2 aromatic heterocycles. The molecule has 0 aliphatic carbocycles. The third-order valence-corrected chi connectivity index (χ3v) is 3.21. The lowest BCUT2D eigenvalue weighted by molar-refractivity contribution is 0.190. The van der Waals surface area contributed by atoms with E-state index in [0.717, 1.165) is 28.8 Å². The SMILES string of the molecule is CCn1nccc1-c1ccc2nc([C@@H](C)O)[nH]c2c1. The first-order chi connectivity index (χ1) is 9.19. The highest BCUT2D eigenvalue weighted by Gasteiger charge is 2.10. The molecule has 1 atom stereocenters. The van der Waals surface area contributed by atoms with E-state index in [1.165, 1.54) is 0 Å². The van der Waals surface area contributed by atoms with Crippen LogP contribution in [-0.4, -0.2) is 24.9 Å². The lowest BCUT2D eigenvalue weighted by Crippen LogP contribution is -1.98. The van der Waals surface area contributed by atoms with Crippen LogP contribution in [0.5, 0.6) is 0 Å². The highest BCUT2D eigenvalue weighted by molar-refractivity contribution is 5.81. The summed E-state index contributed by atoms with van der Waals surface area (Å²) in [5, 5.41) is 13.8. The first-order valence-corrected chi connectivity index (χ1v) is 6.39. The van der Waals surface area contributed by atoms with Crippen LogP contribution in [0.25, 0.3) is 22.3 Å². The first-order valence-electron chi connectivity index (χ1n) is 6.39. The standard InChI is InChI=1S/C14H16N4O/c1-3-18-13(6-7-15-18)10-4-5-11-12(8-10)17-14(16-11)9(2)19/h4-9,19H,3H2,1-2H3,(H,16,17)/t9-/m1/s1. The van der Waals surface area contributed by atoms with Gasteiger partial charge in [-0.3, -0.25) is 4.68 Å². The van der Waals surface area contributed by atoms with Crippen molar-refractivity contribution < 1.29 is 5.11 Å². The molecule has 0 amide bonds. The topological polar surface area (TPSA) is 66.7 Å². The van der Waals surface area contributed by atoms with Gasteiger partial charge in [0.05, 0.1) is 16.7 Å². The van der Waals surface area contributed by atoms with Crippen LogP contribution in [0.3, 0.4) is 0 Å². The zero-order chi connectivity index (χ0) is 13.4. The number of H-pyrrole nitrogens is 1. The molecule has 2 heterocycles. The van der Waals surface area contributed by atoms with E-state index < -0.39 is 6.10 Å². The smallest absolute Gasteiger partial charge is 0.135 e. The first kappa shape index (κ1) is 11.9. The van der Waals surface area contributed by atoms with Crippen molar-refractivity contribution in [1.29, 1.82) is 0 Å². The molecule has 5 nitrogen and oxygen atoms in total. The summed E-state index contributed by atoms with van der Waals surface area (Å²) in [6, 6.07) is 8.02. The average molecular weight is 256 g/mol. The number of hydrogen-bond donors (Lipinski definition) is 2. The van der Waals surface area contributed by atoms with Crippen molar-refractivity contribution in [2.75, 3.05) is 0 Å². The Morgan fingerprint density at radius 2 is 2.21 bits per heavy atom. The van der Waals surface area contributed by atoms with Gasteiger partial charge in [-0.15, -0.1) is 0 Å². The Balaban J connectivity index is 2.11. The fourth-order valence-corrected chi connectivity index (χ4v) is 2.22. The number of fused-ring (bicyclic) bond motifs is 1. The summed E-state index contributed by atoms with van der Waals surface area (Å²) in [5.41, 5.74) is 3.96. The largest absolute Gasteiger partial charge is 0.385 e. The summed E-state index contributed by atoms with van der Waals surface area (Å²) >= 11 is 0. The maximum atomic E-state index is 9.55. The molecule has 0 radical (unpaired) electrons. The summed E-state index contributed by atoms with van der Waals surface area (Å²) < 4.78 is 1.95. The van der Waals surface area contributed by atoms with Crippen molar-refractivity contribution in [3.05, 3.63) is 36.3 Å². The number of aryl methyl sites for hydroxylation is 1. The van der Waals surface area contributed by atoms with Crippen LogP contribution in [0.15, 0.2) is 30.5 Å². The van der Waals surface area contributed by atoms with E-state index in [4.69, 9.17) is 0 Å². The molecule has 0 aliphatic rings. The molecule has 0 unspecified atom stereocenters. The van der Waals surface area contributed by atoms with E-state index >= 15 is 0 Å². The highest BCUT2D eigenvalue weighted by atomic mass is 16.3. The number of hydrogen-bond acceptors (Lipinski definition) is 3. The highest BCUT2D eigenvalue weighted by Crippen LogP contribution is 2.24. The third-order valence-electron chi connectivity index (χ3n) is 3.21. The second kappa shape index (κ2) is 4.51. The summed E-state index contributed by atoms with van der Waals surface area (Å²) in [4.78, 5) is 7.49. The molecule has 0 saturated heterocycles. The van der Waals surface area contributed by atoms with Crippen molar-refractivity contribution in [1.82, 2.24) is 19.7 Å². The Kier molecular flexibility index (Phi) is 2.83. The Labute approximate surface area is 110 Å². The predicted octanol–water partition coefficient (Wildman–Crippen LogP) is 2.50. The molecule has 3 rings (SSSR count). The predicted molar refractivity (Wildman–Crippen MR) is 73.6 cm³/mol. The monoisotopic (exact) mass is 256 g/mol. The number of nitrogens with one attached hydrogen (secondary N) is 1. The van der Waals surface area contributed by atoms with Crippen molar-refractivity contribution in [3.8, 4) is 11.3 Å². The van der Waals surface area contributed by atoms with Crippen LogP contribution >= 0.6 is 0 Å². The fourth-order valence-electron chi connectivity index (χ4n) is 2.22. The van der Waals surface area contributed by atoms with Crippen LogP contribution < -0.4 is 0 Å². The zero-order valence-corrected chi connectivity index (χ0v) is 11.0. The maximum Gasteiger partial charge on any atom is 0.135 e. The Morgan fingerprint density at radius 3 is 2.95 bits per heavy atom. The molecule has 0 bridgehead atoms. The van der Waals surface area contributed by atoms with Crippen molar-refractivity contribution in [3.63, 3.8) is 0 Å². The van der Waals surface area contributed by atoms with Crippen LogP contribution in [0, 0.1) is 0 Å². The number of benzene rings is 1. The Hall–Kier alpha value is -2.14. The minimum Gasteiger partial charge on any atom is -0.385 e. The molecule has 0 saturated carbocycles. The summed E-state index contributed by atoms with van der Waals surface area (Å²) in [5.74, 6) is 0.594. The van der Waals surface area contributed by atoms with Crippen LogP contribution in [0.2, 0.25) is 0 Å². The number of aliphatic hydroxyl groups excluding tert-OH is 1. The van der Waals surface area contributed by atoms with E-state index in [1.807, 2.05) is 28.9 Å². The van der Waals surface area contributed by atoms with Gasteiger partial charge in [-0.2, -0.15) is 5.10 Å². The van der Waals surface area contributed by atoms with Gasteiger partial charge in [0.2, 0.25) is 0 Å². The number of aromatic nitrogens is 4. The summed E-state index contributed by atoms with van der Waals surface area (Å²) in [7, 11) is 0. The van der Waals surface area contributed by atoms with E-state index in [2.05, 4.69) is 22.0 Å². The molecule has 2 N–H and O–H groups in total. The van der Waals surface area contributed by atoms with Gasteiger partial charge in [-0.1, -0.05) is 6.07 Å². The quantitative estimate of drug-likeness (QED) is 0.756. The molecular formula is C14H16N4O.